The van der Waals surface area contributed by atoms with E-state index in [0.717, 1.165) is 16.7 Å². The van der Waals surface area contributed by atoms with E-state index in [1.807, 2.05) is 30.3 Å². The molecule has 1 unspecified atom stereocenters. The number of benzene rings is 2. The van der Waals surface area contributed by atoms with Crippen molar-refractivity contribution in [2.75, 3.05) is 0 Å². The molecule has 1 heterocycles. The highest BCUT2D eigenvalue weighted by atomic mass is 35.5. The summed E-state index contributed by atoms with van der Waals surface area (Å²) in [5.41, 5.74) is 3.26. The Kier molecular flexibility index (Phi) is 3.72. The van der Waals surface area contributed by atoms with Crippen LogP contribution in [0.3, 0.4) is 0 Å². The summed E-state index contributed by atoms with van der Waals surface area (Å²) in [5, 5.41) is 3.39. The zero-order valence-corrected chi connectivity index (χ0v) is 11.9. The van der Waals surface area contributed by atoms with Gasteiger partial charge in [-0.05, 0) is 46.0 Å². The van der Waals surface area contributed by atoms with Gasteiger partial charge >= 0.3 is 0 Å². The first-order valence-corrected chi connectivity index (χ1v) is 6.87. The van der Waals surface area contributed by atoms with Crippen molar-refractivity contribution < 1.29 is 0 Å². The standard InChI is InChI=1S/C15H11Cl2N3/c16-14-18-13(19-15(17)20-14)12-8-4-7-11(9-12)10-5-2-1-3-6-10/h1-9,13H,(H,18,19,20). The van der Waals surface area contributed by atoms with Crippen LogP contribution in [0.4, 0.5) is 0 Å². The summed E-state index contributed by atoms with van der Waals surface area (Å²) in [5.74, 6) is 0. The van der Waals surface area contributed by atoms with Crippen LogP contribution in [-0.4, -0.2) is 10.6 Å². The fraction of sp³-hybridized carbons (Fsp3) is 0.0667. The van der Waals surface area contributed by atoms with Crippen molar-refractivity contribution >= 4 is 33.8 Å². The lowest BCUT2D eigenvalue weighted by molar-refractivity contribution is 0.683. The number of amidine groups is 2. The van der Waals surface area contributed by atoms with Gasteiger partial charge in [-0.3, -0.25) is 0 Å². The summed E-state index contributed by atoms with van der Waals surface area (Å²) in [7, 11) is 0. The van der Waals surface area contributed by atoms with Crippen LogP contribution in [0.2, 0.25) is 0 Å². The quantitative estimate of drug-likeness (QED) is 0.832. The molecule has 0 saturated carbocycles. The molecule has 100 valence electrons. The Morgan fingerprint density at radius 2 is 1.65 bits per heavy atom. The van der Waals surface area contributed by atoms with E-state index in [0.29, 0.717) is 0 Å². The summed E-state index contributed by atoms with van der Waals surface area (Å²) < 4.78 is 0. The van der Waals surface area contributed by atoms with Crippen LogP contribution in [0.5, 0.6) is 0 Å². The Labute approximate surface area is 127 Å². The number of hydrogen-bond donors (Lipinski definition) is 1. The summed E-state index contributed by atoms with van der Waals surface area (Å²) in [6.07, 6.45) is -0.309. The Hall–Kier alpha value is -1.84. The number of rotatable bonds is 2. The maximum Gasteiger partial charge on any atom is 0.222 e. The van der Waals surface area contributed by atoms with Gasteiger partial charge in [0.25, 0.3) is 0 Å². The molecule has 0 saturated heterocycles. The smallest absolute Gasteiger partial charge is 0.222 e. The molecule has 3 rings (SSSR count). The molecule has 0 amide bonds. The van der Waals surface area contributed by atoms with Crippen molar-refractivity contribution in [3.8, 4) is 11.1 Å². The Morgan fingerprint density at radius 3 is 2.40 bits per heavy atom. The topological polar surface area (TPSA) is 36.8 Å². The number of nitrogens with zero attached hydrogens (tertiary/aromatic N) is 2. The summed E-state index contributed by atoms with van der Waals surface area (Å²) >= 11 is 11.7. The van der Waals surface area contributed by atoms with Gasteiger partial charge in [0.05, 0.1) is 0 Å². The highest BCUT2D eigenvalue weighted by Crippen LogP contribution is 2.25. The van der Waals surface area contributed by atoms with Gasteiger partial charge in [-0.2, -0.15) is 4.99 Å². The van der Waals surface area contributed by atoms with Gasteiger partial charge in [-0.1, -0.05) is 48.5 Å². The average molecular weight is 304 g/mol. The maximum atomic E-state index is 5.89. The summed E-state index contributed by atoms with van der Waals surface area (Å²) in [6, 6.07) is 18.2. The first kappa shape index (κ1) is 13.2. The van der Waals surface area contributed by atoms with E-state index in [4.69, 9.17) is 23.2 Å². The summed E-state index contributed by atoms with van der Waals surface area (Å²) in [4.78, 5) is 8.06. The van der Waals surface area contributed by atoms with Crippen LogP contribution in [0, 0.1) is 0 Å². The lowest BCUT2D eigenvalue weighted by atomic mass is 10.0. The monoisotopic (exact) mass is 303 g/mol. The predicted octanol–water partition coefficient (Wildman–Crippen LogP) is 4.15. The molecule has 3 nitrogen and oxygen atoms in total. The number of aliphatic imine (C=N–C) groups is 2. The number of nitrogens with one attached hydrogen (secondary N) is 1. The summed E-state index contributed by atoms with van der Waals surface area (Å²) in [6.45, 7) is 0. The van der Waals surface area contributed by atoms with Crippen LogP contribution >= 0.6 is 23.2 Å². The zero-order valence-electron chi connectivity index (χ0n) is 10.4. The van der Waals surface area contributed by atoms with Crippen molar-refractivity contribution in [3.63, 3.8) is 0 Å². The van der Waals surface area contributed by atoms with Gasteiger partial charge in [-0.25, -0.2) is 4.99 Å². The third kappa shape index (κ3) is 2.84. The first-order valence-electron chi connectivity index (χ1n) is 6.12. The van der Waals surface area contributed by atoms with Crippen LogP contribution in [0.25, 0.3) is 11.1 Å². The van der Waals surface area contributed by atoms with Gasteiger partial charge in [0.2, 0.25) is 10.6 Å². The molecule has 20 heavy (non-hydrogen) atoms. The fourth-order valence-electron chi connectivity index (χ4n) is 2.07. The lowest BCUT2D eigenvalue weighted by Crippen LogP contribution is -2.27. The molecule has 5 heteroatoms. The molecule has 1 atom stereocenters. The normalized spacial score (nSPS) is 18.0. The van der Waals surface area contributed by atoms with Gasteiger partial charge in [-0.15, -0.1) is 0 Å². The highest BCUT2D eigenvalue weighted by molar-refractivity contribution is 6.71. The molecule has 1 aliphatic heterocycles. The Balaban J connectivity index is 1.95. The first-order chi connectivity index (χ1) is 9.72. The van der Waals surface area contributed by atoms with Gasteiger partial charge in [0.15, 0.2) is 0 Å². The van der Waals surface area contributed by atoms with Crippen LogP contribution in [-0.2, 0) is 0 Å². The largest absolute Gasteiger partial charge is 0.335 e. The third-order valence-electron chi connectivity index (χ3n) is 2.99. The van der Waals surface area contributed by atoms with Gasteiger partial charge in [0, 0.05) is 0 Å². The van der Waals surface area contributed by atoms with E-state index in [1.165, 1.54) is 0 Å². The van der Waals surface area contributed by atoms with Crippen molar-refractivity contribution in [1.29, 1.82) is 0 Å². The second-order valence-corrected chi connectivity index (χ2v) is 5.04. The van der Waals surface area contributed by atoms with E-state index < -0.39 is 0 Å². The molecule has 1 aliphatic rings. The van der Waals surface area contributed by atoms with Crippen LogP contribution < -0.4 is 5.32 Å². The van der Waals surface area contributed by atoms with E-state index in [1.54, 1.807) is 0 Å². The second kappa shape index (κ2) is 5.65. The molecule has 1 N–H and O–H groups in total. The molecule has 0 radical (unpaired) electrons. The minimum Gasteiger partial charge on any atom is -0.335 e. The van der Waals surface area contributed by atoms with E-state index >= 15 is 0 Å². The van der Waals surface area contributed by atoms with E-state index in [2.05, 4.69) is 39.6 Å². The zero-order chi connectivity index (χ0) is 13.9. The van der Waals surface area contributed by atoms with Crippen LogP contribution in [0.15, 0.2) is 64.6 Å². The third-order valence-corrected chi connectivity index (χ3v) is 3.37. The van der Waals surface area contributed by atoms with Gasteiger partial charge in [0.1, 0.15) is 6.17 Å². The molecule has 2 aromatic carbocycles. The molecule has 0 aromatic heterocycles. The van der Waals surface area contributed by atoms with Crippen molar-refractivity contribution in [3.05, 3.63) is 60.2 Å². The Morgan fingerprint density at radius 1 is 0.900 bits per heavy atom. The van der Waals surface area contributed by atoms with Gasteiger partial charge < -0.3 is 5.32 Å². The minimum atomic E-state index is -0.309. The van der Waals surface area contributed by atoms with Crippen molar-refractivity contribution in [2.24, 2.45) is 9.98 Å². The average Bonchev–Trinajstić information content (AvgIpc) is 2.47. The number of hydrogen-bond acceptors (Lipinski definition) is 3. The van der Waals surface area contributed by atoms with Crippen molar-refractivity contribution in [2.45, 2.75) is 6.17 Å². The molecule has 0 spiro atoms. The van der Waals surface area contributed by atoms with E-state index in [-0.39, 0.29) is 16.8 Å². The van der Waals surface area contributed by atoms with E-state index in [9.17, 15) is 0 Å². The molecule has 2 aromatic rings. The second-order valence-electron chi connectivity index (χ2n) is 4.34. The molecular weight excluding hydrogens is 293 g/mol. The van der Waals surface area contributed by atoms with Crippen molar-refractivity contribution in [1.82, 2.24) is 5.32 Å². The minimum absolute atomic E-state index is 0.156. The number of halogens is 2. The SMILES string of the molecule is ClC1=NC(c2cccc(-c3ccccc3)c2)NC(Cl)=N1. The lowest BCUT2D eigenvalue weighted by Gasteiger charge is -2.18. The predicted molar refractivity (Wildman–Crippen MR) is 84.3 cm³/mol. The Bertz CT molecular complexity index is 681. The van der Waals surface area contributed by atoms with Crippen LogP contribution in [0.1, 0.15) is 11.7 Å². The highest BCUT2D eigenvalue weighted by Gasteiger charge is 2.17. The fourth-order valence-corrected chi connectivity index (χ4v) is 2.48. The maximum absolute atomic E-state index is 5.89. The molecule has 0 aliphatic carbocycles. The molecular formula is C15H11Cl2N3. The molecule has 0 fully saturated rings. The molecule has 0 bridgehead atoms.